The first-order valence-electron chi connectivity index (χ1n) is 17.8. The minimum atomic E-state index is -3.61. The van der Waals surface area contributed by atoms with E-state index in [4.69, 9.17) is 42.7 Å². The summed E-state index contributed by atoms with van der Waals surface area (Å²) in [5, 5.41) is 0. The molecule has 1 heterocycles. The maximum atomic E-state index is 7.39. The van der Waals surface area contributed by atoms with E-state index >= 15 is 0 Å². The van der Waals surface area contributed by atoms with Crippen LogP contribution in [0.2, 0.25) is 30.2 Å². The molecule has 1 aliphatic heterocycles. The highest BCUT2D eigenvalue weighted by Crippen LogP contribution is 2.42. The summed E-state index contributed by atoms with van der Waals surface area (Å²) in [6, 6.07) is 2.84. The molecule has 0 saturated carbocycles. The van der Waals surface area contributed by atoms with Crippen molar-refractivity contribution in [3.8, 4) is 0 Å². The molecule has 270 valence electrons. The molecule has 0 aliphatic carbocycles. The van der Waals surface area contributed by atoms with Crippen molar-refractivity contribution in [1.82, 2.24) is 0 Å². The summed E-state index contributed by atoms with van der Waals surface area (Å²) in [5.74, 6) is 0. The molecule has 0 amide bonds. The minimum Gasteiger partial charge on any atom is -0.372 e. The summed E-state index contributed by atoms with van der Waals surface area (Å²) >= 11 is 0. The van der Waals surface area contributed by atoms with Crippen LogP contribution in [0.15, 0.2) is 0 Å². The Morgan fingerprint density at radius 1 is 0.311 bits per heavy atom. The highest BCUT2D eigenvalue weighted by Gasteiger charge is 2.68. The van der Waals surface area contributed by atoms with Crippen LogP contribution in [0.5, 0.6) is 0 Å². The van der Waals surface area contributed by atoms with Crippen molar-refractivity contribution in [2.75, 3.05) is 0 Å². The Labute approximate surface area is 282 Å². The van der Waals surface area contributed by atoms with Crippen LogP contribution in [0, 0.1) is 0 Å². The van der Waals surface area contributed by atoms with Crippen molar-refractivity contribution in [2.45, 2.75) is 197 Å². The number of hydrogen-bond donors (Lipinski definition) is 0. The van der Waals surface area contributed by atoms with Gasteiger partial charge in [-0.15, -0.1) is 0 Å². The SMILES string of the molecule is CCC[Si]1(OC(C)C)O[Si](CCC)(OC(C)C)O[Si](CCC)(OC(C)C)O[Si](CCC)(OC(C)C)O[Si](CCC)(OC(C)C)O1. The van der Waals surface area contributed by atoms with Crippen LogP contribution in [0.4, 0.5) is 0 Å². The summed E-state index contributed by atoms with van der Waals surface area (Å²) in [5.41, 5.74) is 0. The lowest BCUT2D eigenvalue weighted by Crippen LogP contribution is -2.74. The molecule has 0 aromatic heterocycles. The van der Waals surface area contributed by atoms with Crippen LogP contribution >= 0.6 is 0 Å². The van der Waals surface area contributed by atoms with Gasteiger partial charge in [-0.25, -0.2) is 0 Å². The quantitative estimate of drug-likeness (QED) is 0.113. The van der Waals surface area contributed by atoms with E-state index in [1.54, 1.807) is 0 Å². The monoisotopic (exact) mass is 730 g/mol. The summed E-state index contributed by atoms with van der Waals surface area (Å²) < 4.78 is 71.4. The maximum Gasteiger partial charge on any atom is 0.486 e. The van der Waals surface area contributed by atoms with E-state index < -0.39 is 44.0 Å². The molecule has 15 heteroatoms. The molecule has 1 saturated heterocycles. The van der Waals surface area contributed by atoms with E-state index in [1.807, 2.05) is 69.2 Å². The highest BCUT2D eigenvalue weighted by molar-refractivity contribution is 6.89. The molecule has 1 rings (SSSR count). The van der Waals surface area contributed by atoms with Crippen LogP contribution in [-0.4, -0.2) is 74.5 Å². The van der Waals surface area contributed by atoms with Gasteiger partial charge in [0.1, 0.15) is 0 Å². The zero-order chi connectivity index (χ0) is 34.5. The second-order valence-corrected chi connectivity index (χ2v) is 28.1. The fourth-order valence-corrected chi connectivity index (χ4v) is 31.1. The molecule has 0 N–H and O–H groups in total. The van der Waals surface area contributed by atoms with Gasteiger partial charge in [0.05, 0.1) is 0 Å². The Morgan fingerprint density at radius 2 is 0.444 bits per heavy atom. The third kappa shape index (κ3) is 14.2. The van der Waals surface area contributed by atoms with Crippen LogP contribution in [0.1, 0.15) is 136 Å². The predicted molar refractivity (Wildman–Crippen MR) is 191 cm³/mol. The minimum absolute atomic E-state index is 0.170. The average molecular weight is 731 g/mol. The van der Waals surface area contributed by atoms with Crippen LogP contribution in [-0.2, 0) is 42.7 Å². The lowest BCUT2D eigenvalue weighted by Gasteiger charge is -2.51. The fourth-order valence-electron chi connectivity index (χ4n) is 5.66. The van der Waals surface area contributed by atoms with Gasteiger partial charge in [-0.1, -0.05) is 66.7 Å². The Hall–Kier alpha value is 0.684. The summed E-state index contributed by atoms with van der Waals surface area (Å²) in [6.45, 7) is 30.9. The molecule has 1 aliphatic rings. The van der Waals surface area contributed by atoms with E-state index in [0.717, 1.165) is 32.1 Å². The van der Waals surface area contributed by atoms with Crippen molar-refractivity contribution in [2.24, 2.45) is 0 Å². The van der Waals surface area contributed by atoms with E-state index in [-0.39, 0.29) is 30.5 Å². The molecular formula is C30H70O10Si5. The van der Waals surface area contributed by atoms with Gasteiger partial charge in [-0.05, 0) is 69.2 Å². The highest BCUT2D eigenvalue weighted by atomic mass is 28.6. The molecule has 0 atom stereocenters. The lowest BCUT2D eigenvalue weighted by atomic mass is 10.5. The molecule has 0 radical (unpaired) electrons. The van der Waals surface area contributed by atoms with Crippen molar-refractivity contribution in [3.63, 3.8) is 0 Å². The van der Waals surface area contributed by atoms with E-state index in [1.165, 1.54) is 0 Å². The number of hydrogen-bond acceptors (Lipinski definition) is 10. The first-order chi connectivity index (χ1) is 20.9. The number of rotatable bonds is 20. The summed E-state index contributed by atoms with van der Waals surface area (Å²) in [4.78, 5) is 0. The summed E-state index contributed by atoms with van der Waals surface area (Å²) in [6.07, 6.45) is 3.07. The zero-order valence-corrected chi connectivity index (χ0v) is 36.5. The van der Waals surface area contributed by atoms with Crippen LogP contribution in [0.3, 0.4) is 0 Å². The van der Waals surface area contributed by atoms with Gasteiger partial charge < -0.3 is 42.7 Å². The predicted octanol–water partition coefficient (Wildman–Crippen LogP) is 8.95. The normalized spacial score (nSPS) is 32.0. The van der Waals surface area contributed by atoms with E-state index in [9.17, 15) is 0 Å². The Bertz CT molecular complexity index is 657. The third-order valence-electron chi connectivity index (χ3n) is 6.41. The fraction of sp³-hybridized carbons (Fsp3) is 1.00. The van der Waals surface area contributed by atoms with Crippen molar-refractivity contribution in [1.29, 1.82) is 0 Å². The Balaban J connectivity index is 4.44. The van der Waals surface area contributed by atoms with Crippen molar-refractivity contribution in [3.05, 3.63) is 0 Å². The van der Waals surface area contributed by atoms with Crippen molar-refractivity contribution >= 4 is 44.0 Å². The smallest absolute Gasteiger partial charge is 0.372 e. The second kappa shape index (κ2) is 19.8. The molecule has 0 bridgehead atoms. The molecule has 10 nitrogen and oxygen atoms in total. The molecular weight excluding hydrogens is 661 g/mol. The lowest BCUT2D eigenvalue weighted by molar-refractivity contribution is -0.0119. The Kier molecular flexibility index (Phi) is 19.2. The first kappa shape index (κ1) is 43.7. The molecule has 0 aromatic carbocycles. The van der Waals surface area contributed by atoms with Crippen molar-refractivity contribution < 1.29 is 42.7 Å². The van der Waals surface area contributed by atoms with Crippen LogP contribution in [0.25, 0.3) is 0 Å². The van der Waals surface area contributed by atoms with Crippen LogP contribution < -0.4 is 0 Å². The van der Waals surface area contributed by atoms with Gasteiger partial charge in [0.25, 0.3) is 0 Å². The molecule has 45 heavy (non-hydrogen) atoms. The summed E-state index contributed by atoms with van der Waals surface area (Å²) in [7, 11) is -18.1. The third-order valence-corrected chi connectivity index (χ3v) is 28.6. The zero-order valence-electron chi connectivity index (χ0n) is 31.5. The van der Waals surface area contributed by atoms with Gasteiger partial charge in [-0.2, -0.15) is 0 Å². The molecule has 0 aromatic rings. The van der Waals surface area contributed by atoms with Gasteiger partial charge in [-0.3, -0.25) is 0 Å². The Morgan fingerprint density at radius 3 is 0.533 bits per heavy atom. The van der Waals surface area contributed by atoms with Gasteiger partial charge in [0, 0.05) is 60.7 Å². The largest absolute Gasteiger partial charge is 0.486 e. The van der Waals surface area contributed by atoms with Gasteiger partial charge in [0.2, 0.25) is 0 Å². The topological polar surface area (TPSA) is 92.3 Å². The molecule has 0 unspecified atom stereocenters. The van der Waals surface area contributed by atoms with Gasteiger partial charge in [0.15, 0.2) is 0 Å². The molecule has 1 fully saturated rings. The maximum absolute atomic E-state index is 7.39. The second-order valence-electron chi connectivity index (χ2n) is 13.5. The van der Waals surface area contributed by atoms with Gasteiger partial charge >= 0.3 is 44.0 Å². The first-order valence-corrected chi connectivity index (χ1v) is 27.5. The van der Waals surface area contributed by atoms with E-state index in [0.29, 0.717) is 30.2 Å². The molecule has 0 spiro atoms. The average Bonchev–Trinajstić information content (AvgIpc) is 2.81. The standard InChI is InChI=1S/C30H70O10Si5/c1-16-21-41(31-26(6)7)36-42(22-17-2,32-27(8)9)38-44(24-19-4,34-29(12)13)40-45(25-20-5,35-30(14)15)39-43(37-41,23-18-3)33-28(10)11/h26-30H,16-25H2,1-15H3. The van der Waals surface area contributed by atoms with E-state index in [2.05, 4.69) is 34.6 Å².